The van der Waals surface area contributed by atoms with Crippen molar-refractivity contribution < 1.29 is 51.2 Å². The van der Waals surface area contributed by atoms with Gasteiger partial charge in [0.05, 0.1) is 127 Å². The summed E-state index contributed by atoms with van der Waals surface area (Å²) in [6, 6.07) is 61.7. The zero-order chi connectivity index (χ0) is 92.0. The number of nitrogens with two attached hydrogens (primary N) is 1. The Morgan fingerprint density at radius 1 is 0.370 bits per heavy atom. The minimum Gasteiger partial charge on any atom is -0.397 e. The number of hydrogen-bond donors (Lipinski definition) is 1. The van der Waals surface area contributed by atoms with E-state index < -0.39 is 79.7 Å². The fourth-order valence-corrected chi connectivity index (χ4v) is 20.3. The highest BCUT2D eigenvalue weighted by Crippen LogP contribution is 2.37. The van der Waals surface area contributed by atoms with Crippen molar-refractivity contribution in [2.24, 2.45) is 0 Å². The fraction of sp³-hybridized carbons (Fsp3) is 0.258. The van der Waals surface area contributed by atoms with E-state index in [1.165, 1.54) is 22.9 Å². The number of benzene rings is 8. The van der Waals surface area contributed by atoms with Crippen molar-refractivity contribution in [1.82, 2.24) is 59.1 Å². The summed E-state index contributed by atoms with van der Waals surface area (Å²) in [7, 11) is -15.0. The fourth-order valence-electron chi connectivity index (χ4n) is 14.9. The SMILES string of the molecule is CC(C)(C)c1ccc(S(=O)(=O)Cc2cc(C(F)F)nn2-c2cccc3ncccc23)cc1F.Cc1cc(-n2nc(C)cc2CS(=O)(=O)c2ccc(C(C)(C)C)cc2)c2ccccc2n1.Cc1cc(CS(=O)(=O)c2ccc(C(C)(C)C)c(F)c2)n(-c2ccc(N)c3ncccc23)n1.Cc1cc(CS(=O)(=O)c2ccc(C(C)(C)C)cc2)n(-c2ncc(Cl)c3ccccc23)n1. The molecule has 0 unspecified atom stereocenters. The number of aromatic nitrogens is 12. The van der Waals surface area contributed by atoms with Gasteiger partial charge in [0.1, 0.15) is 17.3 Å². The molecule has 0 saturated carbocycles. The number of nitrogens with zero attached hydrogens (tertiary/aromatic N) is 12. The Bertz CT molecular complexity index is 7350. The van der Waals surface area contributed by atoms with E-state index in [1.807, 2.05) is 153 Å². The molecule has 0 saturated heterocycles. The van der Waals surface area contributed by atoms with Crippen LogP contribution in [-0.4, -0.2) is 92.7 Å². The Hall–Kier alpha value is -12.2. The number of para-hydroxylation sites is 1. The van der Waals surface area contributed by atoms with Crippen LogP contribution in [0.2, 0.25) is 5.02 Å². The van der Waals surface area contributed by atoms with Gasteiger partial charge in [0.25, 0.3) is 6.43 Å². The number of halogens is 5. The predicted octanol–water partition coefficient (Wildman–Crippen LogP) is 21.5. The molecule has 0 fully saturated rings. The third kappa shape index (κ3) is 20.8. The molecule has 16 rings (SSSR count). The van der Waals surface area contributed by atoms with Crippen LogP contribution in [0, 0.1) is 39.3 Å². The van der Waals surface area contributed by atoms with Gasteiger partial charge in [0.2, 0.25) is 0 Å². The molecule has 8 aromatic heterocycles. The lowest BCUT2D eigenvalue weighted by molar-refractivity contribution is 0.145. The summed E-state index contributed by atoms with van der Waals surface area (Å²) in [6.45, 7) is 31.2. The Morgan fingerprint density at radius 3 is 1.27 bits per heavy atom. The largest absolute Gasteiger partial charge is 0.397 e. The zero-order valence-corrected chi connectivity index (χ0v) is 77.2. The first-order valence-corrected chi connectivity index (χ1v) is 47.7. The molecule has 2 N–H and O–H groups in total. The van der Waals surface area contributed by atoms with Crippen LogP contribution in [0.3, 0.4) is 0 Å². The summed E-state index contributed by atoms with van der Waals surface area (Å²) in [5, 5.41) is 22.1. The van der Waals surface area contributed by atoms with E-state index in [4.69, 9.17) is 17.3 Å². The van der Waals surface area contributed by atoms with E-state index in [0.29, 0.717) is 93.7 Å². The Balaban J connectivity index is 0.000000145. The van der Waals surface area contributed by atoms with Crippen LogP contribution in [0.25, 0.3) is 66.4 Å². The van der Waals surface area contributed by atoms with Crippen molar-refractivity contribution >= 4 is 100 Å². The molecule has 127 heavy (non-hydrogen) atoms. The van der Waals surface area contributed by atoms with Crippen LogP contribution in [0.5, 0.6) is 0 Å². The molecule has 0 spiro atoms. The summed E-state index contributed by atoms with van der Waals surface area (Å²) >= 11 is 6.30. The number of nitrogen functional groups attached to an aromatic ring is 1. The molecule has 658 valence electrons. The maximum atomic E-state index is 14.7. The first-order valence-electron chi connectivity index (χ1n) is 40.7. The van der Waals surface area contributed by atoms with Gasteiger partial charge in [0.15, 0.2) is 45.2 Å². The normalized spacial score (nSPS) is 12.5. The summed E-state index contributed by atoms with van der Waals surface area (Å²) < 4.78 is 168. The molecule has 0 aliphatic carbocycles. The number of fused-ring (bicyclic) bond motifs is 4. The number of pyridine rings is 4. The Kier molecular flexibility index (Phi) is 26.2. The molecule has 0 atom stereocenters. The van der Waals surface area contributed by atoms with Crippen LogP contribution in [0.4, 0.5) is 23.2 Å². The van der Waals surface area contributed by atoms with E-state index in [0.717, 1.165) is 73.5 Å². The topological polar surface area (TPSA) is 285 Å². The molecular weight excluding hydrogens is 1710 g/mol. The third-order valence-electron chi connectivity index (χ3n) is 21.3. The van der Waals surface area contributed by atoms with Crippen molar-refractivity contribution in [2.45, 2.75) is 181 Å². The van der Waals surface area contributed by atoms with Crippen molar-refractivity contribution in [2.75, 3.05) is 5.73 Å². The number of alkyl halides is 2. The van der Waals surface area contributed by atoms with Crippen LogP contribution >= 0.6 is 11.6 Å². The zero-order valence-electron chi connectivity index (χ0n) is 73.2. The first kappa shape index (κ1) is 92.5. The highest BCUT2D eigenvalue weighted by Gasteiger charge is 2.31. The maximum absolute atomic E-state index is 14.7. The number of hydrogen-bond acceptors (Lipinski definition) is 17. The average Bonchev–Trinajstić information content (AvgIpc) is 1.72. The average molecular weight is 1810 g/mol. The number of aryl methyl sites for hydroxylation is 4. The summed E-state index contributed by atoms with van der Waals surface area (Å²) in [6.07, 6.45) is 1.93. The lowest BCUT2D eigenvalue weighted by Crippen LogP contribution is -2.15. The second-order valence-electron chi connectivity index (χ2n) is 35.4. The minimum atomic E-state index is -4.06. The minimum absolute atomic E-state index is 0.0295. The van der Waals surface area contributed by atoms with E-state index in [-0.39, 0.29) is 43.6 Å². The second-order valence-corrected chi connectivity index (χ2v) is 43.8. The van der Waals surface area contributed by atoms with Gasteiger partial charge in [-0.3, -0.25) is 15.0 Å². The smallest absolute Gasteiger partial charge is 0.282 e. The Labute approximate surface area is 742 Å². The molecule has 21 nitrogen and oxygen atoms in total. The van der Waals surface area contributed by atoms with Crippen molar-refractivity contribution in [1.29, 1.82) is 0 Å². The van der Waals surface area contributed by atoms with Crippen molar-refractivity contribution in [3.8, 4) is 22.9 Å². The molecule has 0 amide bonds. The van der Waals surface area contributed by atoms with Gasteiger partial charge in [-0.1, -0.05) is 180 Å². The van der Waals surface area contributed by atoms with Crippen LogP contribution < -0.4 is 5.73 Å². The van der Waals surface area contributed by atoms with Gasteiger partial charge in [-0.25, -0.2) is 74.9 Å². The van der Waals surface area contributed by atoms with Crippen molar-refractivity contribution in [3.05, 3.63) is 327 Å². The van der Waals surface area contributed by atoms with Gasteiger partial charge in [-0.05, 0) is 205 Å². The highest BCUT2D eigenvalue weighted by molar-refractivity contribution is 7.91. The molecule has 30 heteroatoms. The molecule has 0 aliphatic heterocycles. The quantitative estimate of drug-likeness (QED) is 0.0654. The summed E-state index contributed by atoms with van der Waals surface area (Å²) in [4.78, 5) is 18.0. The van der Waals surface area contributed by atoms with E-state index >= 15 is 0 Å². The predicted molar refractivity (Wildman–Crippen MR) is 493 cm³/mol. The van der Waals surface area contributed by atoms with Gasteiger partial charge in [-0.15, -0.1) is 0 Å². The van der Waals surface area contributed by atoms with Gasteiger partial charge < -0.3 is 5.73 Å². The molecule has 8 aromatic carbocycles. The molecule has 0 bridgehead atoms. The van der Waals surface area contributed by atoms with Crippen LogP contribution in [-0.2, 0) is 84.0 Å². The second kappa shape index (κ2) is 35.9. The lowest BCUT2D eigenvalue weighted by atomic mass is 9.87. The monoisotopic (exact) mass is 1810 g/mol. The Morgan fingerprint density at radius 2 is 0.772 bits per heavy atom. The third-order valence-corrected chi connectivity index (χ3v) is 28.2. The van der Waals surface area contributed by atoms with E-state index in [9.17, 15) is 51.2 Å². The molecule has 16 aromatic rings. The van der Waals surface area contributed by atoms with Crippen molar-refractivity contribution in [3.63, 3.8) is 0 Å². The van der Waals surface area contributed by atoms with E-state index in [2.05, 4.69) is 81.9 Å². The summed E-state index contributed by atoms with van der Waals surface area (Å²) in [5.74, 6) is -1.86. The van der Waals surface area contributed by atoms with E-state index in [1.54, 1.807) is 131 Å². The first-order chi connectivity index (χ1) is 59.5. The van der Waals surface area contributed by atoms with Gasteiger partial charge in [0, 0.05) is 51.2 Å². The molecule has 0 radical (unpaired) electrons. The molecule has 0 aliphatic rings. The maximum Gasteiger partial charge on any atom is 0.282 e. The molecular formula is C97H98ClF4N13O8S4. The van der Waals surface area contributed by atoms with Gasteiger partial charge >= 0.3 is 0 Å². The molecule has 8 heterocycles. The van der Waals surface area contributed by atoms with Crippen LogP contribution in [0.15, 0.2) is 257 Å². The lowest BCUT2D eigenvalue weighted by Gasteiger charge is -2.20. The number of anilines is 1. The highest BCUT2D eigenvalue weighted by atomic mass is 35.5. The summed E-state index contributed by atoms with van der Waals surface area (Å²) in [5.41, 5.74) is 16.8. The number of sulfone groups is 4. The van der Waals surface area contributed by atoms with Crippen LogP contribution in [0.1, 0.15) is 163 Å². The number of rotatable bonds is 17. The van der Waals surface area contributed by atoms with Gasteiger partial charge in [-0.2, -0.15) is 20.4 Å². The standard InChI is InChI=1S/C25H27N3O2S.C24H24ClN3O2S.C24H22F3N3O2S.C24H25FN4O2S/c1-17-15-24(22-8-6-7-9-23(22)26-17)28-20(14-18(2)27-28)16-31(29,30)21-12-10-19(11-13-21)25(3,4)5;1-16-13-18(15-31(29,30)19-11-9-17(10-12-19)24(2,3)4)28(27-16)23-21-8-6-5-7-20(21)22(25)14-26-23;1-24(2,3)18-10-9-16(13-19(18)25)33(31,32)14-15-12-21(23(26)27)29-30(15)22-8-4-7-20-17(22)6-5-11-28-20;1-15-12-16(14-32(30,31)17-7-8-19(20(25)13-17)24(2,3)4)29(28-15)22-10-9-21(26)23-18(22)6-5-11-27-23/h6-15H,16H2,1-5H3;5-14H,15H2,1-4H3;4-13,23H,14H2,1-3H3;5-13H,14,26H2,1-4H3.